The van der Waals surface area contributed by atoms with Gasteiger partial charge < -0.3 is 19.4 Å². The number of piperidine rings is 1. The molecular weight excluding hydrogens is 370 g/mol. The van der Waals surface area contributed by atoms with Crippen LogP contribution in [-0.4, -0.2) is 78.3 Å². The summed E-state index contributed by atoms with van der Waals surface area (Å²) in [6.45, 7) is 4.03. The second-order valence-corrected chi connectivity index (χ2v) is 8.55. The van der Waals surface area contributed by atoms with Crippen molar-refractivity contribution < 1.29 is 19.1 Å². The van der Waals surface area contributed by atoms with Gasteiger partial charge in [0.2, 0.25) is 17.7 Å². The Morgan fingerprint density at radius 2 is 1.90 bits per heavy atom. The van der Waals surface area contributed by atoms with Gasteiger partial charge in [0.05, 0.1) is 25.0 Å². The minimum absolute atomic E-state index is 0.0379. The van der Waals surface area contributed by atoms with Gasteiger partial charge in [-0.25, -0.2) is 0 Å². The molecule has 0 unspecified atom stereocenters. The molecule has 3 fully saturated rings. The van der Waals surface area contributed by atoms with Crippen molar-refractivity contribution >= 4 is 17.7 Å². The lowest BCUT2D eigenvalue weighted by Gasteiger charge is -2.46. The normalized spacial score (nSPS) is 25.5. The molecule has 0 saturated carbocycles. The molecule has 3 aliphatic rings. The Hall–Kier alpha value is -2.57. The molecule has 1 aromatic carbocycles. The van der Waals surface area contributed by atoms with E-state index in [1.165, 1.54) is 0 Å². The van der Waals surface area contributed by atoms with E-state index in [0.29, 0.717) is 32.6 Å². The standard InChI is InChI=1S/C22H29N3O4/c1-15(26)25-13-18-19(14-25)22(23(2)21(18)28)7-9-24(10-8-22)20(27)12-16-5-4-6-17(11-16)29-3/h4-6,11,18-19H,7-10,12-14H2,1-3H3/t18-,19+/m1/s1. The van der Waals surface area contributed by atoms with Crippen LogP contribution in [0.4, 0.5) is 0 Å². The van der Waals surface area contributed by atoms with Crippen LogP contribution in [0.5, 0.6) is 5.75 Å². The number of ether oxygens (including phenoxy) is 1. The van der Waals surface area contributed by atoms with Crippen LogP contribution in [0.3, 0.4) is 0 Å². The van der Waals surface area contributed by atoms with Crippen LogP contribution in [0.25, 0.3) is 0 Å². The summed E-state index contributed by atoms with van der Waals surface area (Å²) in [6, 6.07) is 7.60. The van der Waals surface area contributed by atoms with E-state index in [9.17, 15) is 14.4 Å². The maximum absolute atomic E-state index is 12.8. The van der Waals surface area contributed by atoms with Gasteiger partial charge in [-0.15, -0.1) is 0 Å². The largest absolute Gasteiger partial charge is 0.497 e. The molecule has 2 atom stereocenters. The van der Waals surface area contributed by atoms with E-state index in [-0.39, 0.29) is 35.1 Å². The Kier molecular flexibility index (Phi) is 5.00. The van der Waals surface area contributed by atoms with Crippen LogP contribution < -0.4 is 4.74 Å². The molecule has 1 spiro atoms. The summed E-state index contributed by atoms with van der Waals surface area (Å²) in [5.41, 5.74) is 0.703. The van der Waals surface area contributed by atoms with Gasteiger partial charge in [0.25, 0.3) is 0 Å². The fraction of sp³-hybridized carbons (Fsp3) is 0.591. The topological polar surface area (TPSA) is 70.2 Å². The molecule has 7 nitrogen and oxygen atoms in total. The summed E-state index contributed by atoms with van der Waals surface area (Å²) in [5.74, 6) is 1.11. The third-order valence-electron chi connectivity index (χ3n) is 7.24. The second kappa shape index (κ2) is 7.35. The highest BCUT2D eigenvalue weighted by atomic mass is 16.5. The minimum atomic E-state index is -0.237. The maximum atomic E-state index is 12.8. The Bertz CT molecular complexity index is 831. The molecule has 3 heterocycles. The van der Waals surface area contributed by atoms with Crippen molar-refractivity contribution in [3.05, 3.63) is 29.8 Å². The number of carbonyl (C=O) groups is 3. The smallest absolute Gasteiger partial charge is 0.228 e. The van der Waals surface area contributed by atoms with Crippen molar-refractivity contribution in [3.8, 4) is 5.75 Å². The lowest BCUT2D eigenvalue weighted by molar-refractivity contribution is -0.137. The maximum Gasteiger partial charge on any atom is 0.228 e. The van der Waals surface area contributed by atoms with E-state index in [0.717, 1.165) is 24.2 Å². The summed E-state index contributed by atoms with van der Waals surface area (Å²) in [7, 11) is 3.51. The van der Waals surface area contributed by atoms with E-state index in [1.54, 1.807) is 14.0 Å². The predicted molar refractivity (Wildman–Crippen MR) is 107 cm³/mol. The highest BCUT2D eigenvalue weighted by Gasteiger charge is 2.60. The molecule has 156 valence electrons. The monoisotopic (exact) mass is 399 g/mol. The molecule has 3 aliphatic heterocycles. The number of benzene rings is 1. The molecular formula is C22H29N3O4. The lowest BCUT2D eigenvalue weighted by atomic mass is 9.75. The molecule has 0 N–H and O–H groups in total. The molecule has 0 aromatic heterocycles. The van der Waals surface area contributed by atoms with Crippen LogP contribution in [0.2, 0.25) is 0 Å². The van der Waals surface area contributed by atoms with E-state index in [4.69, 9.17) is 4.74 Å². The zero-order valence-corrected chi connectivity index (χ0v) is 17.4. The number of fused-ring (bicyclic) bond motifs is 2. The van der Waals surface area contributed by atoms with Crippen molar-refractivity contribution in [1.82, 2.24) is 14.7 Å². The second-order valence-electron chi connectivity index (χ2n) is 8.55. The van der Waals surface area contributed by atoms with Gasteiger partial charge >= 0.3 is 0 Å². The summed E-state index contributed by atoms with van der Waals surface area (Å²) >= 11 is 0. The number of likely N-dealkylation sites (tertiary alicyclic amines) is 3. The van der Waals surface area contributed by atoms with Gasteiger partial charge in [0, 0.05) is 46.1 Å². The average Bonchev–Trinajstić information content (AvgIpc) is 3.25. The summed E-state index contributed by atoms with van der Waals surface area (Å²) < 4.78 is 5.24. The van der Waals surface area contributed by atoms with E-state index < -0.39 is 0 Å². The molecule has 3 saturated heterocycles. The Balaban J connectivity index is 1.43. The van der Waals surface area contributed by atoms with E-state index >= 15 is 0 Å². The average molecular weight is 399 g/mol. The summed E-state index contributed by atoms with van der Waals surface area (Å²) in [4.78, 5) is 43.2. The first-order valence-corrected chi connectivity index (χ1v) is 10.3. The zero-order chi connectivity index (χ0) is 20.8. The SMILES string of the molecule is COc1cccc(CC(=O)N2CCC3(CC2)[C@H]2CN(C(C)=O)C[C@H]2C(=O)N3C)c1. The number of hydrogen-bond donors (Lipinski definition) is 0. The highest BCUT2D eigenvalue weighted by molar-refractivity contribution is 5.85. The molecule has 3 amide bonds. The van der Waals surface area contributed by atoms with Crippen molar-refractivity contribution in [2.75, 3.05) is 40.3 Å². The highest BCUT2D eigenvalue weighted by Crippen LogP contribution is 2.48. The Morgan fingerprint density at radius 3 is 2.55 bits per heavy atom. The minimum Gasteiger partial charge on any atom is -0.497 e. The first-order valence-electron chi connectivity index (χ1n) is 10.3. The Morgan fingerprint density at radius 1 is 1.17 bits per heavy atom. The molecule has 1 aromatic rings. The van der Waals surface area contributed by atoms with Gasteiger partial charge in [0.15, 0.2) is 0 Å². The fourth-order valence-corrected chi connectivity index (χ4v) is 5.49. The van der Waals surface area contributed by atoms with Gasteiger partial charge in [0.1, 0.15) is 5.75 Å². The van der Waals surface area contributed by atoms with Crippen LogP contribution in [0.15, 0.2) is 24.3 Å². The first-order chi connectivity index (χ1) is 13.9. The van der Waals surface area contributed by atoms with Crippen molar-refractivity contribution in [2.45, 2.75) is 31.7 Å². The van der Waals surface area contributed by atoms with Crippen LogP contribution in [0.1, 0.15) is 25.3 Å². The summed E-state index contributed by atoms with van der Waals surface area (Å²) in [5, 5.41) is 0. The number of nitrogens with zero attached hydrogens (tertiary/aromatic N) is 3. The number of hydrogen-bond acceptors (Lipinski definition) is 4. The van der Waals surface area contributed by atoms with Crippen molar-refractivity contribution in [3.63, 3.8) is 0 Å². The third-order valence-corrected chi connectivity index (χ3v) is 7.24. The molecule has 29 heavy (non-hydrogen) atoms. The first kappa shape index (κ1) is 19.7. The fourth-order valence-electron chi connectivity index (χ4n) is 5.49. The van der Waals surface area contributed by atoms with Crippen molar-refractivity contribution in [2.24, 2.45) is 11.8 Å². The summed E-state index contributed by atoms with van der Waals surface area (Å²) in [6.07, 6.45) is 1.89. The Labute approximate surface area is 171 Å². The van der Waals surface area contributed by atoms with Crippen molar-refractivity contribution in [1.29, 1.82) is 0 Å². The van der Waals surface area contributed by atoms with Gasteiger partial charge in [-0.2, -0.15) is 0 Å². The quantitative estimate of drug-likeness (QED) is 0.765. The molecule has 0 bridgehead atoms. The van der Waals surface area contributed by atoms with Gasteiger partial charge in [-0.3, -0.25) is 14.4 Å². The van der Waals surface area contributed by atoms with Crippen LogP contribution in [-0.2, 0) is 20.8 Å². The van der Waals surface area contributed by atoms with Crippen LogP contribution in [0, 0.1) is 11.8 Å². The number of methoxy groups -OCH3 is 1. The number of amides is 3. The molecule has 0 aliphatic carbocycles. The third kappa shape index (κ3) is 3.26. The number of carbonyl (C=O) groups excluding carboxylic acids is 3. The lowest BCUT2D eigenvalue weighted by Crippen LogP contribution is -2.57. The molecule has 4 rings (SSSR count). The van der Waals surface area contributed by atoms with E-state index in [1.807, 2.05) is 46.0 Å². The predicted octanol–water partition coefficient (Wildman–Crippen LogP) is 1.17. The zero-order valence-electron chi connectivity index (χ0n) is 17.4. The molecule has 7 heteroatoms. The number of rotatable bonds is 3. The van der Waals surface area contributed by atoms with Crippen LogP contribution >= 0.6 is 0 Å². The van der Waals surface area contributed by atoms with Gasteiger partial charge in [-0.05, 0) is 30.5 Å². The van der Waals surface area contributed by atoms with Gasteiger partial charge in [-0.1, -0.05) is 12.1 Å². The van der Waals surface area contributed by atoms with E-state index in [2.05, 4.69) is 0 Å². The molecule has 0 radical (unpaired) electrons.